The fourth-order valence-electron chi connectivity index (χ4n) is 2.68. The average molecular weight is 317 g/mol. The summed E-state index contributed by atoms with van der Waals surface area (Å²) in [7, 11) is 1.27. The van der Waals surface area contributed by atoms with Crippen LogP contribution in [0, 0.1) is 13.8 Å². The maximum absolute atomic E-state index is 6.12. The van der Waals surface area contributed by atoms with Crippen LogP contribution in [0.4, 0.5) is 0 Å². The lowest BCUT2D eigenvalue weighted by molar-refractivity contribution is 0.00578. The van der Waals surface area contributed by atoms with Gasteiger partial charge in [-0.15, -0.1) is 0 Å². The van der Waals surface area contributed by atoms with Crippen LogP contribution in [0.5, 0.6) is 5.75 Å². The summed E-state index contributed by atoms with van der Waals surface area (Å²) in [6, 6.07) is 4.05. The largest absolute Gasteiger partial charge is 0.497 e. The summed E-state index contributed by atoms with van der Waals surface area (Å²) < 4.78 is 17.6. The third-order valence-electron chi connectivity index (χ3n) is 4.92. The zero-order valence-electron chi connectivity index (χ0n) is 15.3. The van der Waals surface area contributed by atoms with E-state index in [2.05, 4.69) is 19.9 Å². The Kier molecular flexibility index (Phi) is 4.95. The Bertz CT molecular complexity index is 584. The summed E-state index contributed by atoms with van der Waals surface area (Å²) in [5.41, 5.74) is 9.62. The fraction of sp³-hybridized carbons (Fsp3) is 0.556. The highest BCUT2D eigenvalue weighted by molar-refractivity contribution is 6.55. The van der Waals surface area contributed by atoms with Gasteiger partial charge in [0.25, 0.3) is 0 Å². The Morgan fingerprint density at radius 3 is 2.00 bits per heavy atom. The molecule has 1 heterocycles. The summed E-state index contributed by atoms with van der Waals surface area (Å²) >= 11 is 0. The first-order valence-electron chi connectivity index (χ1n) is 8.02. The summed E-state index contributed by atoms with van der Waals surface area (Å²) in [6.07, 6.45) is 2.09. The molecule has 0 unspecified atom stereocenters. The summed E-state index contributed by atoms with van der Waals surface area (Å²) in [4.78, 5) is 0. The standard InChI is InChI=1S/C18H28BNO3/c1-12-8-15(21-7)9-13(2)16(12)10-14(11-20)19-22-17(3,4)18(5,6)23-19/h8-10H,11,20H2,1-7H3. The van der Waals surface area contributed by atoms with E-state index in [1.165, 1.54) is 0 Å². The molecule has 23 heavy (non-hydrogen) atoms. The van der Waals surface area contributed by atoms with Gasteiger partial charge in [0.05, 0.1) is 18.3 Å². The minimum atomic E-state index is -0.411. The monoisotopic (exact) mass is 317 g/mol. The van der Waals surface area contributed by atoms with E-state index < -0.39 is 7.12 Å². The van der Waals surface area contributed by atoms with Gasteiger partial charge >= 0.3 is 7.12 Å². The quantitative estimate of drug-likeness (QED) is 0.866. The van der Waals surface area contributed by atoms with Gasteiger partial charge in [-0.3, -0.25) is 0 Å². The molecule has 1 aliphatic rings. The first-order valence-corrected chi connectivity index (χ1v) is 8.02. The first-order chi connectivity index (χ1) is 10.6. The maximum Gasteiger partial charge on any atom is 0.491 e. The van der Waals surface area contributed by atoms with Crippen molar-refractivity contribution in [2.75, 3.05) is 13.7 Å². The van der Waals surface area contributed by atoms with E-state index in [4.69, 9.17) is 19.8 Å². The van der Waals surface area contributed by atoms with Crippen LogP contribution in [0.25, 0.3) is 6.08 Å². The molecule has 1 fully saturated rings. The molecule has 1 aliphatic heterocycles. The zero-order chi connectivity index (χ0) is 17.4. The third-order valence-corrected chi connectivity index (χ3v) is 4.92. The van der Waals surface area contributed by atoms with Crippen molar-refractivity contribution in [3.8, 4) is 5.75 Å². The zero-order valence-corrected chi connectivity index (χ0v) is 15.3. The highest BCUT2D eigenvalue weighted by Gasteiger charge is 2.52. The van der Waals surface area contributed by atoms with E-state index in [0.29, 0.717) is 6.54 Å². The lowest BCUT2D eigenvalue weighted by Crippen LogP contribution is -2.41. The number of aryl methyl sites for hydroxylation is 2. The number of ether oxygens (including phenoxy) is 1. The molecule has 0 amide bonds. The van der Waals surface area contributed by atoms with Crippen LogP contribution in [0.2, 0.25) is 0 Å². The molecular weight excluding hydrogens is 289 g/mol. The van der Waals surface area contributed by atoms with Crippen LogP contribution in [0.15, 0.2) is 17.6 Å². The summed E-state index contributed by atoms with van der Waals surface area (Å²) in [5.74, 6) is 0.863. The van der Waals surface area contributed by atoms with E-state index in [-0.39, 0.29) is 11.2 Å². The second kappa shape index (κ2) is 6.31. The molecule has 0 aliphatic carbocycles. The van der Waals surface area contributed by atoms with Crippen molar-refractivity contribution < 1.29 is 14.0 Å². The Morgan fingerprint density at radius 2 is 1.61 bits per heavy atom. The molecule has 0 radical (unpaired) electrons. The van der Waals surface area contributed by atoms with E-state index in [1.54, 1.807) is 7.11 Å². The van der Waals surface area contributed by atoms with Crippen molar-refractivity contribution in [3.63, 3.8) is 0 Å². The van der Waals surface area contributed by atoms with E-state index in [1.807, 2.05) is 39.8 Å². The number of nitrogens with two attached hydrogens (primary N) is 1. The molecule has 0 spiro atoms. The Morgan fingerprint density at radius 1 is 1.13 bits per heavy atom. The van der Waals surface area contributed by atoms with Gasteiger partial charge in [0.2, 0.25) is 0 Å². The normalized spacial score (nSPS) is 20.0. The lowest BCUT2D eigenvalue weighted by Gasteiger charge is -2.32. The molecule has 1 aromatic rings. The van der Waals surface area contributed by atoms with Crippen LogP contribution < -0.4 is 10.5 Å². The van der Waals surface area contributed by atoms with Crippen LogP contribution in [0.1, 0.15) is 44.4 Å². The molecule has 0 aromatic heterocycles. The van der Waals surface area contributed by atoms with Crippen molar-refractivity contribution in [2.24, 2.45) is 5.73 Å². The van der Waals surface area contributed by atoms with E-state index in [0.717, 1.165) is 27.9 Å². The van der Waals surface area contributed by atoms with Gasteiger partial charge < -0.3 is 19.8 Å². The molecule has 0 saturated carbocycles. The van der Waals surface area contributed by atoms with Gasteiger partial charge in [0.15, 0.2) is 0 Å². The Labute approximate surface area is 140 Å². The topological polar surface area (TPSA) is 53.7 Å². The fourth-order valence-corrected chi connectivity index (χ4v) is 2.68. The summed E-state index contributed by atoms with van der Waals surface area (Å²) in [5, 5.41) is 0. The Hall–Kier alpha value is -1.30. The second-order valence-electron chi connectivity index (χ2n) is 7.19. The minimum Gasteiger partial charge on any atom is -0.497 e. The second-order valence-corrected chi connectivity index (χ2v) is 7.19. The highest BCUT2D eigenvalue weighted by Crippen LogP contribution is 2.39. The molecule has 0 atom stereocenters. The molecular formula is C18H28BNO3. The van der Waals surface area contributed by atoms with E-state index >= 15 is 0 Å². The number of hydrogen-bond acceptors (Lipinski definition) is 4. The molecule has 2 N–H and O–H groups in total. The van der Waals surface area contributed by atoms with Crippen molar-refractivity contribution in [1.82, 2.24) is 0 Å². The van der Waals surface area contributed by atoms with Gasteiger partial charge in [-0.1, -0.05) is 6.08 Å². The highest BCUT2D eigenvalue weighted by atomic mass is 16.7. The smallest absolute Gasteiger partial charge is 0.491 e. The average Bonchev–Trinajstić information content (AvgIpc) is 2.66. The maximum atomic E-state index is 6.12. The van der Waals surface area contributed by atoms with Gasteiger partial charge in [-0.05, 0) is 75.8 Å². The van der Waals surface area contributed by atoms with Gasteiger partial charge in [0, 0.05) is 6.54 Å². The third kappa shape index (κ3) is 3.47. The summed E-state index contributed by atoms with van der Waals surface area (Å²) in [6.45, 7) is 12.7. The van der Waals surface area contributed by atoms with Crippen molar-refractivity contribution in [2.45, 2.75) is 52.7 Å². The van der Waals surface area contributed by atoms with Gasteiger partial charge in [0.1, 0.15) is 5.75 Å². The SMILES string of the molecule is COc1cc(C)c(C=C(CN)B2OC(C)(C)C(C)(C)O2)c(C)c1. The lowest BCUT2D eigenvalue weighted by atomic mass is 9.76. The molecule has 4 nitrogen and oxygen atoms in total. The van der Waals surface area contributed by atoms with Crippen LogP contribution in [-0.4, -0.2) is 32.0 Å². The van der Waals surface area contributed by atoms with Crippen LogP contribution in [0.3, 0.4) is 0 Å². The molecule has 2 rings (SSSR count). The number of rotatable bonds is 4. The predicted octanol–water partition coefficient (Wildman–Crippen LogP) is 3.29. The Balaban J connectivity index is 2.38. The van der Waals surface area contributed by atoms with Crippen LogP contribution >= 0.6 is 0 Å². The predicted molar refractivity (Wildman–Crippen MR) is 95.6 cm³/mol. The van der Waals surface area contributed by atoms with Gasteiger partial charge in [-0.2, -0.15) is 0 Å². The molecule has 5 heteroatoms. The van der Waals surface area contributed by atoms with Crippen molar-refractivity contribution in [1.29, 1.82) is 0 Å². The number of benzene rings is 1. The van der Waals surface area contributed by atoms with E-state index in [9.17, 15) is 0 Å². The molecule has 1 aromatic carbocycles. The molecule has 1 saturated heterocycles. The van der Waals surface area contributed by atoms with Crippen molar-refractivity contribution in [3.05, 3.63) is 34.3 Å². The number of methoxy groups -OCH3 is 1. The van der Waals surface area contributed by atoms with Crippen molar-refractivity contribution >= 4 is 13.2 Å². The number of hydrogen-bond donors (Lipinski definition) is 1. The molecule has 126 valence electrons. The minimum absolute atomic E-state index is 0.365. The first kappa shape index (κ1) is 18.0. The molecule has 0 bridgehead atoms. The van der Waals surface area contributed by atoms with Crippen LogP contribution in [-0.2, 0) is 9.31 Å². The van der Waals surface area contributed by atoms with Gasteiger partial charge in [-0.25, -0.2) is 0 Å².